The largest absolute Gasteiger partial charge is 0.380 e. The molecule has 1 atom stereocenters. The molecule has 1 aromatic rings. The second kappa shape index (κ2) is 5.26. The molecule has 0 spiro atoms. The lowest BCUT2D eigenvalue weighted by atomic mass is 10.1. The minimum absolute atomic E-state index is 0.245. The molecule has 1 unspecified atom stereocenters. The van der Waals surface area contributed by atoms with Gasteiger partial charge >= 0.3 is 0 Å². The maximum Gasteiger partial charge on any atom is 0.127 e. The van der Waals surface area contributed by atoms with Crippen LogP contribution in [-0.4, -0.2) is 31.2 Å². The SMILES string of the molecule is COC1CCN(Cc2cc(C#N)ccc2F)C1. The molecule has 0 amide bonds. The van der Waals surface area contributed by atoms with E-state index in [1.807, 2.05) is 6.07 Å². The summed E-state index contributed by atoms with van der Waals surface area (Å²) in [4.78, 5) is 2.15. The summed E-state index contributed by atoms with van der Waals surface area (Å²) in [5.74, 6) is -0.245. The quantitative estimate of drug-likeness (QED) is 0.801. The van der Waals surface area contributed by atoms with Crippen LogP contribution >= 0.6 is 0 Å². The number of methoxy groups -OCH3 is 1. The zero-order valence-corrected chi connectivity index (χ0v) is 9.82. The van der Waals surface area contributed by atoms with Crippen LogP contribution in [0.2, 0.25) is 0 Å². The van der Waals surface area contributed by atoms with Crippen LogP contribution in [0.5, 0.6) is 0 Å². The van der Waals surface area contributed by atoms with E-state index in [9.17, 15) is 4.39 Å². The van der Waals surface area contributed by atoms with Crippen LogP contribution in [0, 0.1) is 17.1 Å². The van der Waals surface area contributed by atoms with E-state index in [-0.39, 0.29) is 11.9 Å². The lowest BCUT2D eigenvalue weighted by Crippen LogP contribution is -2.23. The van der Waals surface area contributed by atoms with Crippen LogP contribution in [0.15, 0.2) is 18.2 Å². The summed E-state index contributed by atoms with van der Waals surface area (Å²) in [6, 6.07) is 6.51. The Balaban J connectivity index is 2.06. The summed E-state index contributed by atoms with van der Waals surface area (Å²) in [6.45, 7) is 2.28. The highest BCUT2D eigenvalue weighted by Crippen LogP contribution is 2.18. The van der Waals surface area contributed by atoms with E-state index in [0.717, 1.165) is 19.5 Å². The molecule has 0 N–H and O–H groups in total. The first-order chi connectivity index (χ1) is 8.22. The van der Waals surface area contributed by atoms with Gasteiger partial charge in [0, 0.05) is 32.3 Å². The molecule has 2 rings (SSSR count). The summed E-state index contributed by atoms with van der Waals surface area (Å²) in [5.41, 5.74) is 1.09. The number of halogens is 1. The summed E-state index contributed by atoms with van der Waals surface area (Å²) >= 11 is 0. The van der Waals surface area contributed by atoms with Crippen molar-refractivity contribution in [2.45, 2.75) is 19.1 Å². The molecule has 90 valence electrons. The first kappa shape index (κ1) is 12.0. The molecule has 1 aliphatic rings. The molecule has 0 radical (unpaired) electrons. The Morgan fingerprint density at radius 2 is 2.41 bits per heavy atom. The van der Waals surface area contributed by atoms with Gasteiger partial charge < -0.3 is 4.74 Å². The smallest absolute Gasteiger partial charge is 0.127 e. The van der Waals surface area contributed by atoms with Crippen molar-refractivity contribution in [3.8, 4) is 6.07 Å². The van der Waals surface area contributed by atoms with Crippen molar-refractivity contribution in [3.63, 3.8) is 0 Å². The Labute approximate surface area is 100 Å². The lowest BCUT2D eigenvalue weighted by molar-refractivity contribution is 0.107. The van der Waals surface area contributed by atoms with Crippen LogP contribution in [0.1, 0.15) is 17.5 Å². The third kappa shape index (κ3) is 2.82. The van der Waals surface area contributed by atoms with Crippen LogP contribution < -0.4 is 0 Å². The number of benzene rings is 1. The van der Waals surface area contributed by atoms with Gasteiger partial charge in [-0.1, -0.05) is 0 Å². The standard InChI is InChI=1S/C13H15FN2O/c1-17-12-4-5-16(9-12)8-11-6-10(7-15)2-3-13(11)14/h2-3,6,12H,4-5,8-9H2,1H3. The van der Waals surface area contributed by atoms with E-state index in [0.29, 0.717) is 17.7 Å². The minimum Gasteiger partial charge on any atom is -0.380 e. The second-order valence-corrected chi connectivity index (χ2v) is 4.30. The van der Waals surface area contributed by atoms with Crippen LogP contribution in [0.4, 0.5) is 4.39 Å². The van der Waals surface area contributed by atoms with E-state index in [2.05, 4.69) is 4.90 Å². The molecule has 17 heavy (non-hydrogen) atoms. The third-order valence-corrected chi connectivity index (χ3v) is 3.13. The highest BCUT2D eigenvalue weighted by molar-refractivity contribution is 5.33. The van der Waals surface area contributed by atoms with Gasteiger partial charge in [-0.25, -0.2) is 4.39 Å². The van der Waals surface area contributed by atoms with Crippen LogP contribution in [-0.2, 0) is 11.3 Å². The Kier molecular flexibility index (Phi) is 3.72. The summed E-state index contributed by atoms with van der Waals surface area (Å²) in [5, 5.41) is 8.79. The van der Waals surface area contributed by atoms with Crippen molar-refractivity contribution in [2.24, 2.45) is 0 Å². The van der Waals surface area contributed by atoms with Crippen molar-refractivity contribution in [1.29, 1.82) is 5.26 Å². The molecular weight excluding hydrogens is 219 g/mol. The van der Waals surface area contributed by atoms with Crippen molar-refractivity contribution in [2.75, 3.05) is 20.2 Å². The molecule has 0 aliphatic carbocycles. The van der Waals surface area contributed by atoms with E-state index in [1.165, 1.54) is 12.1 Å². The fourth-order valence-electron chi connectivity index (χ4n) is 2.14. The molecular formula is C13H15FN2O. The number of hydrogen-bond donors (Lipinski definition) is 0. The highest BCUT2D eigenvalue weighted by atomic mass is 19.1. The van der Waals surface area contributed by atoms with Gasteiger partial charge in [-0.2, -0.15) is 5.26 Å². The van der Waals surface area contributed by atoms with E-state index < -0.39 is 0 Å². The second-order valence-electron chi connectivity index (χ2n) is 4.30. The van der Waals surface area contributed by atoms with E-state index >= 15 is 0 Å². The molecule has 1 aliphatic heterocycles. The van der Waals surface area contributed by atoms with Crippen molar-refractivity contribution in [3.05, 3.63) is 35.1 Å². The summed E-state index contributed by atoms with van der Waals surface area (Å²) < 4.78 is 18.8. The molecule has 0 aromatic heterocycles. The number of nitrogens with zero attached hydrogens (tertiary/aromatic N) is 2. The molecule has 0 bridgehead atoms. The maximum absolute atomic E-state index is 13.6. The molecule has 1 saturated heterocycles. The monoisotopic (exact) mass is 234 g/mol. The number of likely N-dealkylation sites (tertiary alicyclic amines) is 1. The molecule has 4 heteroatoms. The normalized spacial score (nSPS) is 20.4. The van der Waals surface area contributed by atoms with Crippen LogP contribution in [0.3, 0.4) is 0 Å². The predicted molar refractivity (Wildman–Crippen MR) is 61.8 cm³/mol. The third-order valence-electron chi connectivity index (χ3n) is 3.13. The van der Waals surface area contributed by atoms with Crippen molar-refractivity contribution < 1.29 is 9.13 Å². The van der Waals surface area contributed by atoms with Gasteiger partial charge in [-0.05, 0) is 24.6 Å². The number of rotatable bonds is 3. The summed E-state index contributed by atoms with van der Waals surface area (Å²) in [6.07, 6.45) is 1.23. The van der Waals surface area contributed by atoms with E-state index in [1.54, 1.807) is 13.2 Å². The Morgan fingerprint density at radius 3 is 3.06 bits per heavy atom. The molecule has 1 fully saturated rings. The van der Waals surface area contributed by atoms with Crippen molar-refractivity contribution >= 4 is 0 Å². The predicted octanol–water partition coefficient (Wildman–Crippen LogP) is 1.92. The fraction of sp³-hybridized carbons (Fsp3) is 0.462. The van der Waals surface area contributed by atoms with Crippen LogP contribution in [0.25, 0.3) is 0 Å². The van der Waals surface area contributed by atoms with Gasteiger partial charge in [0.25, 0.3) is 0 Å². The lowest BCUT2D eigenvalue weighted by Gasteiger charge is -2.16. The number of ether oxygens (including phenoxy) is 1. The average Bonchev–Trinajstić information content (AvgIpc) is 2.80. The molecule has 3 nitrogen and oxygen atoms in total. The van der Waals surface area contributed by atoms with Gasteiger partial charge in [0.15, 0.2) is 0 Å². The van der Waals surface area contributed by atoms with E-state index in [4.69, 9.17) is 10.00 Å². The molecule has 1 heterocycles. The topological polar surface area (TPSA) is 36.3 Å². The fourth-order valence-corrected chi connectivity index (χ4v) is 2.14. The maximum atomic E-state index is 13.6. The molecule has 0 saturated carbocycles. The minimum atomic E-state index is -0.245. The van der Waals surface area contributed by atoms with Gasteiger partial charge in [-0.15, -0.1) is 0 Å². The summed E-state index contributed by atoms with van der Waals surface area (Å²) in [7, 11) is 1.70. The average molecular weight is 234 g/mol. The number of nitriles is 1. The molecule has 1 aromatic carbocycles. The number of hydrogen-bond acceptors (Lipinski definition) is 3. The Hall–Kier alpha value is -1.44. The first-order valence-electron chi connectivity index (χ1n) is 5.66. The zero-order chi connectivity index (χ0) is 12.3. The van der Waals surface area contributed by atoms with Crippen molar-refractivity contribution in [1.82, 2.24) is 4.90 Å². The first-order valence-corrected chi connectivity index (χ1v) is 5.66. The van der Waals surface area contributed by atoms with Gasteiger partial charge in [0.1, 0.15) is 5.82 Å². The zero-order valence-electron chi connectivity index (χ0n) is 9.82. The highest BCUT2D eigenvalue weighted by Gasteiger charge is 2.22. The van der Waals surface area contributed by atoms with Gasteiger partial charge in [-0.3, -0.25) is 4.90 Å². The van der Waals surface area contributed by atoms with Gasteiger partial charge in [0.2, 0.25) is 0 Å². The van der Waals surface area contributed by atoms with Gasteiger partial charge in [0.05, 0.1) is 17.7 Å². The Bertz CT molecular complexity index is 442. The Morgan fingerprint density at radius 1 is 1.59 bits per heavy atom.